The van der Waals surface area contributed by atoms with Gasteiger partial charge in [-0.25, -0.2) is 0 Å². The molecular formula is C19H24O2. The minimum Gasteiger partial charge on any atom is -0.490 e. The predicted molar refractivity (Wildman–Crippen MR) is 81.0 cm³/mol. The van der Waals surface area contributed by atoms with Crippen molar-refractivity contribution < 1.29 is 9.84 Å². The molecule has 5 aliphatic rings. The first kappa shape index (κ1) is 12.5. The molecule has 2 nitrogen and oxygen atoms in total. The van der Waals surface area contributed by atoms with Gasteiger partial charge in [0.2, 0.25) is 0 Å². The van der Waals surface area contributed by atoms with E-state index in [4.69, 9.17) is 4.74 Å². The van der Waals surface area contributed by atoms with Crippen molar-refractivity contribution >= 4 is 0 Å². The Morgan fingerprint density at radius 2 is 1.62 bits per heavy atom. The van der Waals surface area contributed by atoms with Crippen molar-refractivity contribution in [1.82, 2.24) is 0 Å². The third-order valence-corrected chi connectivity index (χ3v) is 6.51. The van der Waals surface area contributed by atoms with Crippen molar-refractivity contribution in [3.05, 3.63) is 29.8 Å². The van der Waals surface area contributed by atoms with Crippen molar-refractivity contribution in [2.24, 2.45) is 23.7 Å². The molecule has 2 heteroatoms. The average molecular weight is 284 g/mol. The second-order valence-corrected chi connectivity index (χ2v) is 7.97. The van der Waals surface area contributed by atoms with Gasteiger partial charge in [0.05, 0.1) is 11.7 Å². The predicted octanol–water partition coefficient (Wildman–Crippen LogP) is 3.87. The van der Waals surface area contributed by atoms with Gasteiger partial charge in [-0.15, -0.1) is 0 Å². The summed E-state index contributed by atoms with van der Waals surface area (Å²) in [7, 11) is 0. The Morgan fingerprint density at radius 3 is 2.24 bits per heavy atom. The normalized spacial score (nSPS) is 44.0. The molecule has 0 saturated heterocycles. The fourth-order valence-electron chi connectivity index (χ4n) is 5.57. The summed E-state index contributed by atoms with van der Waals surface area (Å²) in [6, 6.07) is 8.36. The highest BCUT2D eigenvalue weighted by Gasteiger charge is 2.57. The number of benzene rings is 1. The number of aliphatic hydroxyl groups is 1. The lowest BCUT2D eigenvalue weighted by Gasteiger charge is -2.59. The van der Waals surface area contributed by atoms with Gasteiger partial charge in [-0.05, 0) is 86.3 Å². The molecule has 0 aliphatic heterocycles. The molecule has 1 aromatic rings. The van der Waals surface area contributed by atoms with E-state index in [1.165, 1.54) is 44.9 Å². The molecule has 0 spiro atoms. The summed E-state index contributed by atoms with van der Waals surface area (Å²) >= 11 is 0. The minimum atomic E-state index is -0.587. The summed E-state index contributed by atoms with van der Waals surface area (Å²) in [6.45, 7) is 0. The van der Waals surface area contributed by atoms with Gasteiger partial charge in [-0.1, -0.05) is 12.1 Å². The second-order valence-electron chi connectivity index (χ2n) is 7.97. The van der Waals surface area contributed by atoms with Gasteiger partial charge in [-0.3, -0.25) is 0 Å². The molecule has 112 valence electrons. The van der Waals surface area contributed by atoms with Gasteiger partial charge in [-0.2, -0.15) is 0 Å². The Balaban J connectivity index is 1.50. The van der Waals surface area contributed by atoms with E-state index in [1.807, 2.05) is 6.07 Å². The van der Waals surface area contributed by atoms with Crippen molar-refractivity contribution in [1.29, 1.82) is 0 Å². The smallest absolute Gasteiger partial charge is 0.120 e. The van der Waals surface area contributed by atoms with Crippen LogP contribution in [0.3, 0.4) is 0 Å². The Morgan fingerprint density at radius 1 is 0.952 bits per heavy atom. The van der Waals surface area contributed by atoms with Gasteiger partial charge < -0.3 is 9.84 Å². The number of hydrogen-bond acceptors (Lipinski definition) is 2. The largest absolute Gasteiger partial charge is 0.490 e. The van der Waals surface area contributed by atoms with Crippen LogP contribution < -0.4 is 4.74 Å². The molecule has 4 bridgehead atoms. The zero-order valence-electron chi connectivity index (χ0n) is 12.5. The lowest BCUT2D eigenvalue weighted by Crippen LogP contribution is -2.55. The third kappa shape index (κ3) is 1.88. The maximum absolute atomic E-state index is 11.6. The molecule has 0 unspecified atom stereocenters. The molecule has 5 aliphatic carbocycles. The molecule has 0 radical (unpaired) electrons. The number of hydrogen-bond donors (Lipinski definition) is 1. The van der Waals surface area contributed by atoms with Gasteiger partial charge in [0, 0.05) is 0 Å². The molecule has 1 aromatic carbocycles. The molecule has 0 amide bonds. The lowest BCUT2D eigenvalue weighted by atomic mass is 9.48. The summed E-state index contributed by atoms with van der Waals surface area (Å²) in [6.07, 6.45) is 9.15. The first-order chi connectivity index (χ1) is 10.2. The third-order valence-electron chi connectivity index (χ3n) is 6.51. The van der Waals surface area contributed by atoms with Crippen LogP contribution >= 0.6 is 0 Å². The molecule has 6 rings (SSSR count). The topological polar surface area (TPSA) is 29.5 Å². The van der Waals surface area contributed by atoms with Gasteiger partial charge in [0.1, 0.15) is 5.75 Å². The Labute approximate surface area is 126 Å². The Kier molecular flexibility index (Phi) is 2.54. The van der Waals surface area contributed by atoms with Crippen LogP contribution in [0.1, 0.15) is 50.5 Å². The van der Waals surface area contributed by atoms with Crippen molar-refractivity contribution in [2.75, 3.05) is 0 Å². The van der Waals surface area contributed by atoms with E-state index >= 15 is 0 Å². The maximum Gasteiger partial charge on any atom is 0.120 e. The summed E-state index contributed by atoms with van der Waals surface area (Å²) in [4.78, 5) is 0. The molecule has 0 heterocycles. The van der Waals surface area contributed by atoms with E-state index in [2.05, 4.69) is 18.2 Å². The van der Waals surface area contributed by atoms with Crippen molar-refractivity contribution in [3.8, 4) is 5.75 Å². The Hall–Kier alpha value is -1.02. The van der Waals surface area contributed by atoms with Gasteiger partial charge in [0.25, 0.3) is 0 Å². The molecule has 5 fully saturated rings. The molecule has 0 atom stereocenters. The van der Waals surface area contributed by atoms with E-state index in [9.17, 15) is 5.11 Å². The molecule has 0 aromatic heterocycles. The van der Waals surface area contributed by atoms with E-state index < -0.39 is 5.60 Å². The van der Waals surface area contributed by atoms with Gasteiger partial charge >= 0.3 is 0 Å². The van der Waals surface area contributed by atoms with Crippen LogP contribution in [0.15, 0.2) is 24.3 Å². The number of rotatable bonds is 3. The summed E-state index contributed by atoms with van der Waals surface area (Å²) < 4.78 is 5.94. The first-order valence-corrected chi connectivity index (χ1v) is 8.71. The highest BCUT2D eigenvalue weighted by atomic mass is 16.5. The SMILES string of the molecule is OC1(c2cccc(OC3CC3)c2)C2CC3CC(C2)CC1C3. The quantitative estimate of drug-likeness (QED) is 0.913. The molecule has 5 saturated carbocycles. The van der Waals surface area contributed by atoms with Crippen LogP contribution in [0.4, 0.5) is 0 Å². The standard InChI is InChI=1S/C19H24O2/c20-19(14-2-1-3-18(11-14)21-17-4-5-17)15-7-12-6-13(9-15)10-16(19)8-12/h1-3,11-13,15-17,20H,4-10H2. The fourth-order valence-corrected chi connectivity index (χ4v) is 5.57. The Bertz CT molecular complexity index is 532. The van der Waals surface area contributed by atoms with Crippen molar-refractivity contribution in [2.45, 2.75) is 56.7 Å². The minimum absolute atomic E-state index is 0.424. The summed E-state index contributed by atoms with van der Waals surface area (Å²) in [5, 5.41) is 11.6. The molecule has 21 heavy (non-hydrogen) atoms. The average Bonchev–Trinajstić information content (AvgIpc) is 3.28. The van der Waals surface area contributed by atoms with Crippen molar-refractivity contribution in [3.63, 3.8) is 0 Å². The number of ether oxygens (including phenoxy) is 1. The first-order valence-electron chi connectivity index (χ1n) is 8.71. The van der Waals surface area contributed by atoms with Crippen LogP contribution in [0.2, 0.25) is 0 Å². The zero-order valence-corrected chi connectivity index (χ0v) is 12.5. The molecule has 1 N–H and O–H groups in total. The monoisotopic (exact) mass is 284 g/mol. The van der Waals surface area contributed by atoms with Gasteiger partial charge in [0.15, 0.2) is 0 Å². The highest BCUT2D eigenvalue weighted by molar-refractivity contribution is 5.35. The summed E-state index contributed by atoms with van der Waals surface area (Å²) in [5.41, 5.74) is 0.533. The van der Waals surface area contributed by atoms with E-state index in [1.54, 1.807) is 0 Å². The maximum atomic E-state index is 11.6. The van der Waals surface area contributed by atoms with Crippen LogP contribution in [0, 0.1) is 23.7 Å². The fraction of sp³-hybridized carbons (Fsp3) is 0.684. The molecular weight excluding hydrogens is 260 g/mol. The lowest BCUT2D eigenvalue weighted by molar-refractivity contribution is -0.179. The van der Waals surface area contributed by atoms with Crippen LogP contribution in [0.5, 0.6) is 5.75 Å². The van der Waals surface area contributed by atoms with Crippen LogP contribution in [-0.2, 0) is 5.60 Å². The van der Waals surface area contributed by atoms with E-state index in [0.29, 0.717) is 17.9 Å². The summed E-state index contributed by atoms with van der Waals surface area (Å²) in [5.74, 6) is 3.68. The van der Waals surface area contributed by atoms with E-state index in [-0.39, 0.29) is 0 Å². The zero-order chi connectivity index (χ0) is 14.0. The van der Waals surface area contributed by atoms with Crippen LogP contribution in [-0.4, -0.2) is 11.2 Å². The second kappa shape index (κ2) is 4.25. The highest BCUT2D eigenvalue weighted by Crippen LogP contribution is 2.61. The van der Waals surface area contributed by atoms with Crippen LogP contribution in [0.25, 0.3) is 0 Å². The van der Waals surface area contributed by atoms with E-state index in [0.717, 1.165) is 23.1 Å².